The largest absolute Gasteiger partial charge is 0.326 e. The summed E-state index contributed by atoms with van der Waals surface area (Å²) in [6, 6.07) is 7.43. The Bertz CT molecular complexity index is 368. The van der Waals surface area contributed by atoms with Crippen molar-refractivity contribution in [3.05, 3.63) is 28.7 Å². The smallest absolute Gasteiger partial charge is 0.225 e. The number of hydrogen-bond donors (Lipinski definition) is 1. The topological polar surface area (TPSA) is 29.1 Å². The number of amides is 1. The Morgan fingerprint density at radius 1 is 1.57 bits per heavy atom. The van der Waals surface area contributed by atoms with Crippen LogP contribution in [0.15, 0.2) is 28.7 Å². The summed E-state index contributed by atoms with van der Waals surface area (Å²) < 4.78 is 0.937. The van der Waals surface area contributed by atoms with Gasteiger partial charge in [-0.3, -0.25) is 4.79 Å². The van der Waals surface area contributed by atoms with Gasteiger partial charge in [0.05, 0.1) is 0 Å². The molecule has 2 nitrogen and oxygen atoms in total. The van der Waals surface area contributed by atoms with Crippen LogP contribution in [0.2, 0.25) is 0 Å². The third kappa shape index (κ3) is 3.63. The molecule has 0 saturated heterocycles. The molecular formula is C11H10BrNO. The lowest BCUT2D eigenvalue weighted by Crippen LogP contribution is -2.10. The summed E-state index contributed by atoms with van der Waals surface area (Å²) in [5, 5.41) is 2.75. The summed E-state index contributed by atoms with van der Waals surface area (Å²) in [7, 11) is 0. The van der Waals surface area contributed by atoms with Crippen molar-refractivity contribution in [1.29, 1.82) is 0 Å². The number of terminal acetylenes is 1. The summed E-state index contributed by atoms with van der Waals surface area (Å²) in [6.07, 6.45) is 5.89. The van der Waals surface area contributed by atoms with Crippen molar-refractivity contribution in [1.82, 2.24) is 0 Å². The molecular weight excluding hydrogens is 242 g/mol. The van der Waals surface area contributed by atoms with E-state index in [0.717, 1.165) is 10.2 Å². The first kappa shape index (κ1) is 10.8. The van der Waals surface area contributed by atoms with E-state index in [4.69, 9.17) is 6.42 Å². The fraction of sp³-hybridized carbons (Fsp3) is 0.182. The maximum Gasteiger partial charge on any atom is 0.225 e. The molecule has 1 amide bonds. The van der Waals surface area contributed by atoms with Crippen molar-refractivity contribution < 1.29 is 4.79 Å². The lowest BCUT2D eigenvalue weighted by Gasteiger charge is -2.03. The second kappa shape index (κ2) is 5.46. The maximum absolute atomic E-state index is 11.3. The average Bonchev–Trinajstić information content (AvgIpc) is 2.15. The minimum absolute atomic E-state index is 0.0546. The van der Waals surface area contributed by atoms with Gasteiger partial charge in [0.2, 0.25) is 5.91 Å². The first-order valence-electron chi connectivity index (χ1n) is 4.21. The summed E-state index contributed by atoms with van der Waals surface area (Å²) >= 11 is 3.32. The molecule has 1 aromatic rings. The van der Waals surface area contributed by atoms with Crippen molar-refractivity contribution in [2.24, 2.45) is 0 Å². The SMILES string of the molecule is C#CCCC(=O)Nc1cccc(Br)c1. The first-order valence-corrected chi connectivity index (χ1v) is 5.00. The fourth-order valence-corrected chi connectivity index (χ4v) is 1.37. The number of halogens is 1. The van der Waals surface area contributed by atoms with Crippen LogP contribution in [0.1, 0.15) is 12.8 Å². The molecule has 0 atom stereocenters. The fourth-order valence-electron chi connectivity index (χ4n) is 0.975. The predicted octanol–water partition coefficient (Wildman–Crippen LogP) is 2.80. The Hall–Kier alpha value is -1.27. The highest BCUT2D eigenvalue weighted by Crippen LogP contribution is 2.15. The Balaban J connectivity index is 2.53. The van der Waals surface area contributed by atoms with E-state index in [-0.39, 0.29) is 5.91 Å². The van der Waals surface area contributed by atoms with Crippen LogP contribution in [-0.2, 0) is 4.79 Å². The van der Waals surface area contributed by atoms with Crippen LogP contribution >= 0.6 is 15.9 Å². The second-order valence-corrected chi connectivity index (χ2v) is 3.68. The van der Waals surface area contributed by atoms with Gasteiger partial charge in [0.25, 0.3) is 0 Å². The van der Waals surface area contributed by atoms with Crippen LogP contribution in [0, 0.1) is 12.3 Å². The minimum atomic E-state index is -0.0546. The summed E-state index contributed by atoms with van der Waals surface area (Å²) in [5.74, 6) is 2.37. The van der Waals surface area contributed by atoms with E-state index in [1.807, 2.05) is 24.3 Å². The Morgan fingerprint density at radius 3 is 3.00 bits per heavy atom. The number of anilines is 1. The van der Waals surface area contributed by atoms with Crippen LogP contribution in [0.25, 0.3) is 0 Å². The molecule has 0 heterocycles. The highest BCUT2D eigenvalue weighted by atomic mass is 79.9. The van der Waals surface area contributed by atoms with Crippen molar-refractivity contribution in [3.8, 4) is 12.3 Å². The van der Waals surface area contributed by atoms with E-state index >= 15 is 0 Å². The second-order valence-electron chi connectivity index (χ2n) is 2.76. The maximum atomic E-state index is 11.3. The number of nitrogens with one attached hydrogen (secondary N) is 1. The van der Waals surface area contributed by atoms with E-state index in [2.05, 4.69) is 27.2 Å². The van der Waals surface area contributed by atoms with Gasteiger partial charge in [0, 0.05) is 23.0 Å². The number of hydrogen-bond acceptors (Lipinski definition) is 1. The van der Waals surface area contributed by atoms with Gasteiger partial charge in [-0.25, -0.2) is 0 Å². The van der Waals surface area contributed by atoms with Gasteiger partial charge in [-0.1, -0.05) is 22.0 Å². The molecule has 0 fully saturated rings. The Morgan fingerprint density at radius 2 is 2.36 bits per heavy atom. The molecule has 0 radical (unpaired) electrons. The molecule has 0 unspecified atom stereocenters. The highest BCUT2D eigenvalue weighted by molar-refractivity contribution is 9.10. The standard InChI is InChI=1S/C11H10BrNO/c1-2-3-7-11(14)13-10-6-4-5-9(12)8-10/h1,4-6,8H,3,7H2,(H,13,14). The van der Waals surface area contributed by atoms with Crippen LogP contribution in [-0.4, -0.2) is 5.91 Å². The van der Waals surface area contributed by atoms with Gasteiger partial charge in [0.15, 0.2) is 0 Å². The molecule has 0 saturated carbocycles. The minimum Gasteiger partial charge on any atom is -0.326 e. The van der Waals surface area contributed by atoms with Gasteiger partial charge in [-0.05, 0) is 18.2 Å². The molecule has 3 heteroatoms. The summed E-state index contributed by atoms with van der Waals surface area (Å²) in [5.41, 5.74) is 0.779. The molecule has 1 aromatic carbocycles. The van der Waals surface area contributed by atoms with Crippen molar-refractivity contribution in [2.45, 2.75) is 12.8 Å². The monoisotopic (exact) mass is 251 g/mol. The van der Waals surface area contributed by atoms with Crippen LogP contribution in [0.4, 0.5) is 5.69 Å². The molecule has 72 valence electrons. The van der Waals surface area contributed by atoms with Crippen molar-refractivity contribution in [2.75, 3.05) is 5.32 Å². The van der Waals surface area contributed by atoms with Crippen LogP contribution < -0.4 is 5.32 Å². The average molecular weight is 252 g/mol. The Kier molecular flexibility index (Phi) is 4.21. The normalized spacial score (nSPS) is 9.14. The summed E-state index contributed by atoms with van der Waals surface area (Å²) in [6.45, 7) is 0. The summed E-state index contributed by atoms with van der Waals surface area (Å²) in [4.78, 5) is 11.3. The number of carbonyl (C=O) groups is 1. The number of carbonyl (C=O) groups excluding carboxylic acids is 1. The van der Waals surface area contributed by atoms with Gasteiger partial charge < -0.3 is 5.32 Å². The van der Waals surface area contributed by atoms with Crippen molar-refractivity contribution in [3.63, 3.8) is 0 Å². The molecule has 0 aliphatic rings. The zero-order valence-electron chi connectivity index (χ0n) is 7.59. The molecule has 0 bridgehead atoms. The zero-order valence-corrected chi connectivity index (χ0v) is 9.17. The van der Waals surface area contributed by atoms with E-state index in [1.54, 1.807) is 0 Å². The lowest BCUT2D eigenvalue weighted by atomic mass is 10.3. The lowest BCUT2D eigenvalue weighted by molar-refractivity contribution is -0.116. The molecule has 0 aliphatic heterocycles. The third-order valence-electron chi connectivity index (χ3n) is 1.60. The van der Waals surface area contributed by atoms with Gasteiger partial charge in [0.1, 0.15) is 0 Å². The Labute approximate surface area is 91.8 Å². The zero-order chi connectivity index (χ0) is 10.4. The van der Waals surface area contributed by atoms with E-state index in [9.17, 15) is 4.79 Å². The van der Waals surface area contributed by atoms with Gasteiger partial charge in [-0.15, -0.1) is 12.3 Å². The van der Waals surface area contributed by atoms with E-state index < -0.39 is 0 Å². The first-order chi connectivity index (χ1) is 6.72. The third-order valence-corrected chi connectivity index (χ3v) is 2.10. The van der Waals surface area contributed by atoms with Gasteiger partial charge in [-0.2, -0.15) is 0 Å². The molecule has 1 rings (SSSR count). The molecule has 14 heavy (non-hydrogen) atoms. The van der Waals surface area contributed by atoms with Crippen LogP contribution in [0.3, 0.4) is 0 Å². The molecule has 1 N–H and O–H groups in total. The van der Waals surface area contributed by atoms with Crippen LogP contribution in [0.5, 0.6) is 0 Å². The predicted molar refractivity (Wildman–Crippen MR) is 60.8 cm³/mol. The number of benzene rings is 1. The van der Waals surface area contributed by atoms with E-state index in [0.29, 0.717) is 12.8 Å². The number of rotatable bonds is 3. The quantitative estimate of drug-likeness (QED) is 0.823. The molecule has 0 spiro atoms. The van der Waals surface area contributed by atoms with Crippen molar-refractivity contribution >= 4 is 27.5 Å². The van der Waals surface area contributed by atoms with E-state index in [1.165, 1.54) is 0 Å². The molecule has 0 aliphatic carbocycles. The molecule has 0 aromatic heterocycles. The highest BCUT2D eigenvalue weighted by Gasteiger charge is 2.00. The van der Waals surface area contributed by atoms with Gasteiger partial charge >= 0.3 is 0 Å².